The van der Waals surface area contributed by atoms with Gasteiger partial charge in [-0.1, -0.05) is 140 Å². The van der Waals surface area contributed by atoms with Crippen LogP contribution in [0.3, 0.4) is 0 Å². The number of hydrogen-bond acceptors (Lipinski definition) is 4. The largest absolute Gasteiger partial charge is 0.456 e. The van der Waals surface area contributed by atoms with E-state index in [1.807, 2.05) is 72.8 Å². The number of aromatic nitrogens is 5. The van der Waals surface area contributed by atoms with Gasteiger partial charge in [0.25, 0.3) is 0 Å². The van der Waals surface area contributed by atoms with Crippen LogP contribution in [0.15, 0.2) is 205 Å². The Labute approximate surface area is 349 Å². The van der Waals surface area contributed by atoms with Crippen molar-refractivity contribution in [1.29, 1.82) is 0 Å². The van der Waals surface area contributed by atoms with Crippen LogP contribution < -0.4 is 0 Å². The lowest BCUT2D eigenvalue weighted by molar-refractivity contribution is 0.668. The minimum atomic E-state index is 0.595. The van der Waals surface area contributed by atoms with E-state index in [1.165, 1.54) is 37.8 Å². The minimum absolute atomic E-state index is 0.595. The van der Waals surface area contributed by atoms with Crippen LogP contribution in [0, 0.1) is 0 Å². The second kappa shape index (κ2) is 13.1. The third-order valence-corrected chi connectivity index (χ3v) is 12.1. The molecular formula is C55H33N5O. The molecule has 0 aliphatic heterocycles. The Hall–Kier alpha value is -8.35. The van der Waals surface area contributed by atoms with Crippen molar-refractivity contribution in [3.8, 4) is 45.5 Å². The zero-order valence-corrected chi connectivity index (χ0v) is 32.7. The van der Waals surface area contributed by atoms with Crippen LogP contribution in [0.4, 0.5) is 0 Å². The first kappa shape index (κ1) is 33.6. The van der Waals surface area contributed by atoms with Gasteiger partial charge in [-0.05, 0) is 65.4 Å². The van der Waals surface area contributed by atoms with Gasteiger partial charge in [0.1, 0.15) is 11.2 Å². The van der Waals surface area contributed by atoms with Gasteiger partial charge in [-0.25, -0.2) is 15.0 Å². The molecule has 0 amide bonds. The van der Waals surface area contributed by atoms with Crippen molar-refractivity contribution >= 4 is 76.3 Å². The second-order valence-corrected chi connectivity index (χ2v) is 15.6. The number of rotatable bonds is 5. The fourth-order valence-corrected chi connectivity index (χ4v) is 9.45. The molecule has 284 valence electrons. The lowest BCUT2D eigenvalue weighted by Crippen LogP contribution is -2.00. The fourth-order valence-electron chi connectivity index (χ4n) is 9.45. The van der Waals surface area contributed by atoms with Crippen LogP contribution >= 0.6 is 0 Å². The molecule has 9 aromatic carbocycles. The van der Waals surface area contributed by atoms with E-state index in [0.717, 1.165) is 66.6 Å². The Morgan fingerprint density at radius 1 is 0.328 bits per heavy atom. The van der Waals surface area contributed by atoms with Crippen LogP contribution in [0.2, 0.25) is 0 Å². The van der Waals surface area contributed by atoms with Gasteiger partial charge < -0.3 is 13.6 Å². The minimum Gasteiger partial charge on any atom is -0.456 e. The Morgan fingerprint density at radius 3 is 1.74 bits per heavy atom. The maximum Gasteiger partial charge on any atom is 0.164 e. The van der Waals surface area contributed by atoms with E-state index in [-0.39, 0.29) is 0 Å². The SMILES string of the molecule is c1ccc(-c2nc(-c3ccccc3)nc(-c3cccc4oc5cc(-n6c7ccccc7c7cc8c9c%10ccccc%10ccc9n(-c9ccccc9)c8cc76)ccc5c34)n2)cc1. The molecule has 61 heavy (non-hydrogen) atoms. The molecule has 4 aromatic heterocycles. The van der Waals surface area contributed by atoms with Crippen LogP contribution in [-0.2, 0) is 0 Å². The molecule has 0 atom stereocenters. The van der Waals surface area contributed by atoms with Gasteiger partial charge in [0.15, 0.2) is 17.5 Å². The number of nitrogens with zero attached hydrogens (tertiary/aromatic N) is 5. The van der Waals surface area contributed by atoms with E-state index in [0.29, 0.717) is 17.5 Å². The third kappa shape index (κ3) is 5.12. The topological polar surface area (TPSA) is 61.7 Å². The third-order valence-electron chi connectivity index (χ3n) is 12.1. The van der Waals surface area contributed by atoms with E-state index in [9.17, 15) is 0 Å². The zero-order chi connectivity index (χ0) is 40.0. The zero-order valence-electron chi connectivity index (χ0n) is 32.7. The van der Waals surface area contributed by atoms with Crippen LogP contribution in [0.1, 0.15) is 0 Å². The quantitative estimate of drug-likeness (QED) is 0.175. The van der Waals surface area contributed by atoms with E-state index < -0.39 is 0 Å². The molecule has 0 bridgehead atoms. The average Bonchev–Trinajstić information content (AvgIpc) is 3.98. The molecule has 0 radical (unpaired) electrons. The number of fused-ring (bicyclic) bond motifs is 11. The molecule has 0 spiro atoms. The van der Waals surface area contributed by atoms with Gasteiger partial charge in [-0.2, -0.15) is 0 Å². The van der Waals surface area contributed by atoms with Gasteiger partial charge in [-0.15, -0.1) is 0 Å². The summed E-state index contributed by atoms with van der Waals surface area (Å²) >= 11 is 0. The normalized spacial score (nSPS) is 11.9. The summed E-state index contributed by atoms with van der Waals surface area (Å²) in [7, 11) is 0. The predicted molar refractivity (Wildman–Crippen MR) is 250 cm³/mol. The average molecular weight is 780 g/mol. The van der Waals surface area contributed by atoms with E-state index in [4.69, 9.17) is 19.4 Å². The lowest BCUT2D eigenvalue weighted by atomic mass is 10.0. The Balaban J connectivity index is 1.04. The Morgan fingerprint density at radius 2 is 0.967 bits per heavy atom. The van der Waals surface area contributed by atoms with Gasteiger partial charge >= 0.3 is 0 Å². The highest BCUT2D eigenvalue weighted by atomic mass is 16.3. The van der Waals surface area contributed by atoms with Crippen molar-refractivity contribution in [2.75, 3.05) is 0 Å². The fraction of sp³-hybridized carbons (Fsp3) is 0. The summed E-state index contributed by atoms with van der Waals surface area (Å²) in [6.45, 7) is 0. The summed E-state index contributed by atoms with van der Waals surface area (Å²) < 4.78 is 11.5. The number of furan rings is 1. The maximum atomic E-state index is 6.75. The predicted octanol–water partition coefficient (Wildman–Crippen LogP) is 14.1. The van der Waals surface area contributed by atoms with E-state index >= 15 is 0 Å². The van der Waals surface area contributed by atoms with Crippen molar-refractivity contribution in [1.82, 2.24) is 24.1 Å². The standard InChI is InChI=1S/C55H33N5O/c1-4-16-35(17-5-1)53-56-54(36-18-6-2-7-19-36)58-55(57-53)42-24-14-26-49-52(42)41-29-28-38(31-50(41)61-49)60-45-25-13-12-23-40(45)43-32-44-48(33-47(43)60)59(37-20-8-3-9-21-37)46-30-27-34-15-10-11-22-39(34)51(44)46/h1-33H. The van der Waals surface area contributed by atoms with Crippen LogP contribution in [0.25, 0.3) is 122 Å². The van der Waals surface area contributed by atoms with Gasteiger partial charge in [0, 0.05) is 66.4 Å². The summed E-state index contributed by atoms with van der Waals surface area (Å²) in [5.74, 6) is 1.84. The highest BCUT2D eigenvalue weighted by molar-refractivity contribution is 6.25. The molecule has 4 heterocycles. The van der Waals surface area contributed by atoms with E-state index in [2.05, 4.69) is 137 Å². The van der Waals surface area contributed by atoms with Gasteiger partial charge in [0.2, 0.25) is 0 Å². The summed E-state index contributed by atoms with van der Waals surface area (Å²) in [5.41, 5.74) is 11.1. The number of hydrogen-bond donors (Lipinski definition) is 0. The summed E-state index contributed by atoms with van der Waals surface area (Å²) in [4.78, 5) is 15.1. The van der Waals surface area contributed by atoms with Crippen molar-refractivity contribution in [3.63, 3.8) is 0 Å². The lowest BCUT2D eigenvalue weighted by Gasteiger charge is -2.10. The van der Waals surface area contributed by atoms with Crippen molar-refractivity contribution in [2.24, 2.45) is 0 Å². The maximum absolute atomic E-state index is 6.75. The molecular weight excluding hydrogens is 747 g/mol. The molecule has 0 N–H and O–H groups in total. The molecule has 6 heteroatoms. The number of para-hydroxylation sites is 2. The van der Waals surface area contributed by atoms with Crippen LogP contribution in [0.5, 0.6) is 0 Å². The molecule has 0 saturated heterocycles. The Bertz CT molecular complexity index is 3810. The molecule has 6 nitrogen and oxygen atoms in total. The molecule has 13 rings (SSSR count). The summed E-state index contributed by atoms with van der Waals surface area (Å²) in [5, 5.41) is 9.35. The first-order valence-corrected chi connectivity index (χ1v) is 20.5. The van der Waals surface area contributed by atoms with Gasteiger partial charge in [0.05, 0.1) is 22.1 Å². The monoisotopic (exact) mass is 779 g/mol. The molecule has 0 aliphatic rings. The summed E-state index contributed by atoms with van der Waals surface area (Å²) in [6, 6.07) is 70.3. The molecule has 13 aromatic rings. The van der Waals surface area contributed by atoms with Crippen LogP contribution in [-0.4, -0.2) is 24.1 Å². The Kier molecular flexibility index (Phi) is 7.21. The molecule has 0 saturated carbocycles. The highest BCUT2D eigenvalue weighted by Gasteiger charge is 2.22. The number of benzene rings is 9. The molecule has 0 aliphatic carbocycles. The van der Waals surface area contributed by atoms with Crippen molar-refractivity contribution < 1.29 is 4.42 Å². The van der Waals surface area contributed by atoms with Crippen molar-refractivity contribution in [3.05, 3.63) is 200 Å². The van der Waals surface area contributed by atoms with Crippen molar-refractivity contribution in [2.45, 2.75) is 0 Å². The summed E-state index contributed by atoms with van der Waals surface area (Å²) in [6.07, 6.45) is 0. The molecule has 0 fully saturated rings. The van der Waals surface area contributed by atoms with Gasteiger partial charge in [-0.3, -0.25) is 0 Å². The first-order valence-electron chi connectivity index (χ1n) is 20.5. The molecule has 0 unspecified atom stereocenters. The highest BCUT2D eigenvalue weighted by Crippen LogP contribution is 2.43. The first-order chi connectivity index (χ1) is 30.2. The second-order valence-electron chi connectivity index (χ2n) is 15.6. The van der Waals surface area contributed by atoms with E-state index in [1.54, 1.807) is 0 Å². The smallest absolute Gasteiger partial charge is 0.164 e.